The first-order chi connectivity index (χ1) is 19.0. The van der Waals surface area contributed by atoms with Gasteiger partial charge in [-0.2, -0.15) is 0 Å². The highest BCUT2D eigenvalue weighted by molar-refractivity contribution is 8.00. The number of benzene rings is 3. The molecule has 1 atom stereocenters. The quantitative estimate of drug-likeness (QED) is 0.180. The molecule has 39 heavy (non-hydrogen) atoms. The maximum atomic E-state index is 13.1. The van der Waals surface area contributed by atoms with Crippen molar-refractivity contribution in [3.63, 3.8) is 0 Å². The summed E-state index contributed by atoms with van der Waals surface area (Å²) >= 11 is 2.78. The lowest BCUT2D eigenvalue weighted by atomic mass is 10.0. The van der Waals surface area contributed by atoms with Crippen molar-refractivity contribution in [2.75, 3.05) is 26.1 Å². The fourth-order valence-corrected chi connectivity index (χ4v) is 5.68. The number of carbonyl (C=O) groups excluding carboxylic acids is 1. The Morgan fingerprint density at radius 1 is 0.949 bits per heavy atom. The van der Waals surface area contributed by atoms with E-state index >= 15 is 0 Å². The summed E-state index contributed by atoms with van der Waals surface area (Å²) in [6.07, 6.45) is 0. The van der Waals surface area contributed by atoms with Gasteiger partial charge in [-0.25, -0.2) is 9.97 Å². The van der Waals surface area contributed by atoms with Gasteiger partial charge in [0.1, 0.15) is 17.2 Å². The largest absolute Gasteiger partial charge is 0.497 e. The second-order valence-corrected chi connectivity index (χ2v) is 10.9. The van der Waals surface area contributed by atoms with Crippen molar-refractivity contribution < 1.29 is 19.0 Å². The van der Waals surface area contributed by atoms with Gasteiger partial charge in [0, 0.05) is 11.1 Å². The highest BCUT2D eigenvalue weighted by Gasteiger charge is 2.21. The SMILES string of the molecule is CCOc1ccc2nc(NC(=O)C(C)Sc3nc(-c4ccc(OC)cc4)c(-c4ccc(OC)cc4)[nH]3)sc2c1. The van der Waals surface area contributed by atoms with Gasteiger partial charge in [-0.3, -0.25) is 4.79 Å². The third kappa shape index (κ3) is 6.02. The number of methoxy groups -OCH3 is 2. The Kier molecular flexibility index (Phi) is 8.04. The molecule has 0 aliphatic rings. The first kappa shape index (κ1) is 26.6. The number of thiazole rings is 1. The Morgan fingerprint density at radius 3 is 2.23 bits per heavy atom. The zero-order valence-corrected chi connectivity index (χ0v) is 23.6. The third-order valence-electron chi connectivity index (χ3n) is 5.98. The van der Waals surface area contributed by atoms with Crippen LogP contribution in [0.4, 0.5) is 5.13 Å². The van der Waals surface area contributed by atoms with Gasteiger partial charge in [0.2, 0.25) is 5.91 Å². The van der Waals surface area contributed by atoms with Crippen LogP contribution in [-0.4, -0.2) is 46.9 Å². The van der Waals surface area contributed by atoms with E-state index in [1.807, 2.05) is 80.6 Å². The molecular weight excluding hydrogens is 532 g/mol. The number of imidazole rings is 1. The van der Waals surface area contributed by atoms with Crippen LogP contribution in [-0.2, 0) is 4.79 Å². The molecule has 5 aromatic rings. The van der Waals surface area contributed by atoms with Gasteiger partial charge in [-0.05, 0) is 80.6 Å². The maximum absolute atomic E-state index is 13.1. The van der Waals surface area contributed by atoms with Crippen LogP contribution in [0.2, 0.25) is 0 Å². The molecule has 0 aliphatic heterocycles. The second-order valence-electron chi connectivity index (χ2n) is 8.55. The molecular formula is C29H28N4O4S2. The summed E-state index contributed by atoms with van der Waals surface area (Å²) in [6.45, 7) is 4.39. The summed E-state index contributed by atoms with van der Waals surface area (Å²) in [5.74, 6) is 2.17. The normalized spacial score (nSPS) is 11.8. The zero-order chi connectivity index (χ0) is 27.4. The van der Waals surface area contributed by atoms with Gasteiger partial charge in [0.25, 0.3) is 0 Å². The van der Waals surface area contributed by atoms with Crippen LogP contribution < -0.4 is 19.5 Å². The van der Waals surface area contributed by atoms with E-state index in [9.17, 15) is 4.79 Å². The summed E-state index contributed by atoms with van der Waals surface area (Å²) in [5.41, 5.74) is 4.35. The lowest BCUT2D eigenvalue weighted by molar-refractivity contribution is -0.115. The molecule has 1 unspecified atom stereocenters. The van der Waals surface area contributed by atoms with E-state index in [-0.39, 0.29) is 5.91 Å². The average Bonchev–Trinajstić information content (AvgIpc) is 3.56. The predicted octanol–water partition coefficient (Wildman–Crippen LogP) is 6.89. The molecule has 0 radical (unpaired) electrons. The van der Waals surface area contributed by atoms with Gasteiger partial charge in [-0.1, -0.05) is 23.1 Å². The minimum absolute atomic E-state index is 0.155. The molecule has 2 aromatic heterocycles. The lowest BCUT2D eigenvalue weighted by Gasteiger charge is -2.08. The van der Waals surface area contributed by atoms with E-state index in [0.29, 0.717) is 16.9 Å². The molecule has 0 saturated carbocycles. The summed E-state index contributed by atoms with van der Waals surface area (Å²) in [4.78, 5) is 25.9. The Labute approximate surface area is 234 Å². The second kappa shape index (κ2) is 11.8. The van der Waals surface area contributed by atoms with E-state index in [1.165, 1.54) is 23.1 Å². The van der Waals surface area contributed by atoms with Crippen LogP contribution in [0.3, 0.4) is 0 Å². The topological polar surface area (TPSA) is 98.4 Å². The van der Waals surface area contributed by atoms with Crippen molar-refractivity contribution in [3.05, 3.63) is 66.7 Å². The maximum Gasteiger partial charge on any atom is 0.239 e. The third-order valence-corrected chi connectivity index (χ3v) is 7.90. The lowest BCUT2D eigenvalue weighted by Crippen LogP contribution is -2.22. The molecule has 3 aromatic carbocycles. The number of anilines is 1. The minimum Gasteiger partial charge on any atom is -0.497 e. The number of aromatic nitrogens is 3. The summed E-state index contributed by atoms with van der Waals surface area (Å²) in [7, 11) is 3.28. The monoisotopic (exact) mass is 560 g/mol. The number of thioether (sulfide) groups is 1. The number of nitrogens with one attached hydrogen (secondary N) is 2. The van der Waals surface area contributed by atoms with Crippen LogP contribution in [0.1, 0.15) is 13.8 Å². The van der Waals surface area contributed by atoms with Gasteiger partial charge in [0.05, 0.1) is 47.7 Å². The molecule has 5 rings (SSSR count). The summed E-state index contributed by atoms with van der Waals surface area (Å²) in [5, 5.41) is 3.72. The van der Waals surface area contributed by atoms with Crippen molar-refractivity contribution in [2.24, 2.45) is 0 Å². The van der Waals surface area contributed by atoms with Crippen molar-refractivity contribution in [2.45, 2.75) is 24.3 Å². The number of hydrogen-bond donors (Lipinski definition) is 2. The molecule has 1 amide bonds. The molecule has 2 heterocycles. The average molecular weight is 561 g/mol. The number of fused-ring (bicyclic) bond motifs is 1. The number of H-pyrrole nitrogens is 1. The highest BCUT2D eigenvalue weighted by Crippen LogP contribution is 2.36. The molecule has 0 saturated heterocycles. The summed E-state index contributed by atoms with van der Waals surface area (Å²) in [6, 6.07) is 21.2. The number of nitrogens with zero attached hydrogens (tertiary/aromatic N) is 2. The van der Waals surface area contributed by atoms with E-state index in [4.69, 9.17) is 19.2 Å². The zero-order valence-electron chi connectivity index (χ0n) is 22.0. The first-order valence-corrected chi connectivity index (χ1v) is 14.1. The van der Waals surface area contributed by atoms with Gasteiger partial charge < -0.3 is 24.5 Å². The van der Waals surface area contributed by atoms with Crippen molar-refractivity contribution in [1.82, 2.24) is 15.0 Å². The number of hydrogen-bond acceptors (Lipinski definition) is 8. The van der Waals surface area contributed by atoms with E-state index in [2.05, 4.69) is 15.3 Å². The number of rotatable bonds is 10. The smallest absolute Gasteiger partial charge is 0.239 e. The molecule has 0 aliphatic carbocycles. The first-order valence-electron chi connectivity index (χ1n) is 12.4. The van der Waals surface area contributed by atoms with Gasteiger partial charge in [0.15, 0.2) is 10.3 Å². The molecule has 200 valence electrons. The molecule has 10 heteroatoms. The van der Waals surface area contributed by atoms with Crippen LogP contribution in [0, 0.1) is 0 Å². The molecule has 0 bridgehead atoms. The molecule has 0 fully saturated rings. The minimum atomic E-state index is -0.422. The Hall–Kier alpha value is -4.02. The van der Waals surface area contributed by atoms with Gasteiger partial charge >= 0.3 is 0 Å². The molecule has 0 spiro atoms. The fourth-order valence-electron chi connectivity index (χ4n) is 3.97. The van der Waals surface area contributed by atoms with Crippen LogP contribution in [0.25, 0.3) is 32.7 Å². The summed E-state index contributed by atoms with van der Waals surface area (Å²) < 4.78 is 17.2. The van der Waals surface area contributed by atoms with Gasteiger partial charge in [-0.15, -0.1) is 0 Å². The Morgan fingerprint density at radius 2 is 1.59 bits per heavy atom. The number of carbonyl (C=O) groups is 1. The predicted molar refractivity (Wildman–Crippen MR) is 157 cm³/mol. The van der Waals surface area contributed by atoms with Crippen LogP contribution in [0.5, 0.6) is 17.2 Å². The fraction of sp³-hybridized carbons (Fsp3) is 0.207. The van der Waals surface area contributed by atoms with Crippen molar-refractivity contribution in [1.29, 1.82) is 0 Å². The van der Waals surface area contributed by atoms with E-state index < -0.39 is 5.25 Å². The van der Waals surface area contributed by atoms with Crippen molar-refractivity contribution >= 4 is 44.4 Å². The Balaban J connectivity index is 1.37. The van der Waals surface area contributed by atoms with Crippen molar-refractivity contribution in [3.8, 4) is 39.8 Å². The number of amides is 1. The standard InChI is InChI=1S/C29H28N4O4S2/c1-5-37-22-14-15-23-24(16-22)39-28(30-23)33-27(34)17(2)38-29-31-25(18-6-10-20(35-3)11-7-18)26(32-29)19-8-12-21(36-4)13-9-19/h6-17H,5H2,1-4H3,(H,31,32)(H,30,33,34). The number of aromatic amines is 1. The molecule has 8 nitrogen and oxygen atoms in total. The van der Waals surface area contributed by atoms with Crippen LogP contribution in [0.15, 0.2) is 71.9 Å². The highest BCUT2D eigenvalue weighted by atomic mass is 32.2. The van der Waals surface area contributed by atoms with E-state index in [1.54, 1.807) is 14.2 Å². The number of ether oxygens (including phenoxy) is 3. The Bertz CT molecular complexity index is 1510. The van der Waals surface area contributed by atoms with Crippen LogP contribution >= 0.6 is 23.1 Å². The van der Waals surface area contributed by atoms with E-state index in [0.717, 1.165) is 50.0 Å². The molecule has 2 N–H and O–H groups in total.